The second-order valence-electron chi connectivity index (χ2n) is 10.2. The van der Waals surface area contributed by atoms with Crippen molar-refractivity contribution in [3.8, 4) is 11.5 Å². The van der Waals surface area contributed by atoms with Gasteiger partial charge in [-0.05, 0) is 60.0 Å². The van der Waals surface area contributed by atoms with Crippen molar-refractivity contribution in [2.24, 2.45) is 5.92 Å². The van der Waals surface area contributed by atoms with E-state index in [-0.39, 0.29) is 24.5 Å². The maximum absolute atomic E-state index is 13.4. The summed E-state index contributed by atoms with van der Waals surface area (Å²) in [4.78, 5) is 16.2. The van der Waals surface area contributed by atoms with Gasteiger partial charge in [0.05, 0.1) is 24.1 Å². The van der Waals surface area contributed by atoms with Gasteiger partial charge in [0.2, 0.25) is 10.0 Å². The normalized spacial score (nSPS) is 14.1. The monoisotopic (exact) mass is 654 g/mol. The molecular formula is C29H28Cl2F2N3O6S+. The van der Waals surface area contributed by atoms with E-state index < -0.39 is 28.7 Å². The number of aromatic nitrogens is 2. The zero-order valence-electron chi connectivity index (χ0n) is 22.9. The van der Waals surface area contributed by atoms with Crippen LogP contribution in [0.4, 0.5) is 14.5 Å². The lowest BCUT2D eigenvalue weighted by Gasteiger charge is -2.21. The predicted molar refractivity (Wildman–Crippen MR) is 157 cm³/mol. The number of nitrogens with one attached hydrogen (secondary N) is 2. The molecule has 1 aliphatic carbocycles. The number of aromatic amines is 1. The van der Waals surface area contributed by atoms with E-state index >= 15 is 0 Å². The Morgan fingerprint density at radius 2 is 1.84 bits per heavy atom. The fraction of sp³-hybridized carbons (Fsp3) is 0.310. The van der Waals surface area contributed by atoms with Crippen LogP contribution in [0.5, 0.6) is 11.5 Å². The van der Waals surface area contributed by atoms with E-state index in [1.54, 1.807) is 47.4 Å². The summed E-state index contributed by atoms with van der Waals surface area (Å²) in [7, 11) is -3.50. The minimum Gasteiger partial charge on any atom is -0.489 e. The maximum atomic E-state index is 13.4. The number of anilines is 1. The summed E-state index contributed by atoms with van der Waals surface area (Å²) < 4.78 is 70.1. The van der Waals surface area contributed by atoms with Crippen LogP contribution < -0.4 is 19.2 Å². The third-order valence-corrected chi connectivity index (χ3v) is 8.04. The van der Waals surface area contributed by atoms with Crippen LogP contribution in [0.1, 0.15) is 30.1 Å². The van der Waals surface area contributed by atoms with E-state index in [0.29, 0.717) is 44.9 Å². The topological polar surface area (TPSA) is 110 Å². The number of benzene rings is 2. The molecule has 0 unspecified atom stereocenters. The molecule has 1 fully saturated rings. The summed E-state index contributed by atoms with van der Waals surface area (Å²) in [5.41, 5.74) is 1.92. The number of hydrogen-bond acceptors (Lipinski definition) is 6. The Kier molecular flexibility index (Phi) is 9.28. The first-order chi connectivity index (χ1) is 20.4. The highest BCUT2D eigenvalue weighted by atomic mass is 35.5. The van der Waals surface area contributed by atoms with Crippen molar-refractivity contribution in [1.29, 1.82) is 0 Å². The van der Waals surface area contributed by atoms with Crippen molar-refractivity contribution >= 4 is 55.8 Å². The van der Waals surface area contributed by atoms with Crippen LogP contribution in [0.15, 0.2) is 61.1 Å². The van der Waals surface area contributed by atoms with Gasteiger partial charge in [-0.2, -0.15) is 8.78 Å². The Labute approximate surface area is 256 Å². The summed E-state index contributed by atoms with van der Waals surface area (Å²) in [6.45, 7) is -2.91. The van der Waals surface area contributed by atoms with Crippen molar-refractivity contribution in [2.75, 3.05) is 17.6 Å². The Hall–Kier alpha value is -3.61. The standard InChI is InChI=1S/C29H27Cl2F2N3O6S/c1-43(38,39)35-20-6-4-18-8-9-36(24(18)11-20)15-28(37)41-26(12-21-22(30)13-34-14-23(21)31)19-5-7-25(42-29(32)33)27(10-19)40-16-17-2-3-17/h4-11,13-14,17,26,29,35H,2-3,12,15-16H2,1H3/p+1/t26-/m0/s1. The molecule has 228 valence electrons. The van der Waals surface area contributed by atoms with E-state index in [4.69, 9.17) is 32.7 Å². The van der Waals surface area contributed by atoms with Crippen LogP contribution in [0.3, 0.4) is 0 Å². The molecule has 1 atom stereocenters. The quantitative estimate of drug-likeness (QED) is 0.176. The van der Waals surface area contributed by atoms with Crippen LogP contribution >= 0.6 is 23.2 Å². The molecule has 0 amide bonds. The SMILES string of the molecule is CS(=O)(=O)Nc1ccc2ccn(CC(=O)O[C@@H](Cc3c(Cl)c[nH+]cc3Cl)c3ccc(OC(F)F)c(OCC4CC4)c3)c2c1. The van der Waals surface area contributed by atoms with E-state index in [9.17, 15) is 22.0 Å². The van der Waals surface area contributed by atoms with Gasteiger partial charge in [-0.15, -0.1) is 0 Å². The fourth-order valence-electron chi connectivity index (χ4n) is 4.54. The number of H-pyrrole nitrogens is 1. The summed E-state index contributed by atoms with van der Waals surface area (Å²) in [6, 6.07) is 11.1. The zero-order valence-corrected chi connectivity index (χ0v) is 25.2. The third-order valence-electron chi connectivity index (χ3n) is 6.76. The van der Waals surface area contributed by atoms with E-state index in [1.807, 2.05) is 0 Å². The molecule has 1 aliphatic rings. The number of carbonyl (C=O) groups excluding carboxylic acids is 1. The molecule has 0 saturated heterocycles. The smallest absolute Gasteiger partial charge is 0.387 e. The Morgan fingerprint density at radius 1 is 1.09 bits per heavy atom. The van der Waals surface area contributed by atoms with Gasteiger partial charge in [-0.3, -0.25) is 9.52 Å². The largest absolute Gasteiger partial charge is 0.489 e. The number of ether oxygens (including phenoxy) is 3. The third kappa shape index (κ3) is 8.27. The highest BCUT2D eigenvalue weighted by Gasteiger charge is 2.26. The number of pyridine rings is 1. The molecule has 2 aromatic heterocycles. The molecule has 14 heteroatoms. The van der Waals surface area contributed by atoms with Gasteiger partial charge in [0, 0.05) is 18.2 Å². The molecular weight excluding hydrogens is 627 g/mol. The van der Waals surface area contributed by atoms with Gasteiger partial charge >= 0.3 is 12.6 Å². The molecule has 5 rings (SSSR count). The second-order valence-corrected chi connectivity index (χ2v) is 12.8. The molecule has 9 nitrogen and oxygen atoms in total. The zero-order chi connectivity index (χ0) is 30.7. The molecule has 0 radical (unpaired) electrons. The van der Waals surface area contributed by atoms with Crippen LogP contribution in [0.2, 0.25) is 10.0 Å². The Bertz CT molecular complexity index is 1730. The van der Waals surface area contributed by atoms with E-state index in [1.165, 1.54) is 18.2 Å². The highest BCUT2D eigenvalue weighted by Crippen LogP contribution is 2.38. The van der Waals surface area contributed by atoms with Crippen molar-refractivity contribution < 1.29 is 41.2 Å². The van der Waals surface area contributed by atoms with Crippen molar-refractivity contribution in [3.05, 3.63) is 82.2 Å². The second kappa shape index (κ2) is 12.9. The number of hydrogen-bond donors (Lipinski definition) is 1. The number of esters is 1. The summed E-state index contributed by atoms with van der Waals surface area (Å²) in [6.07, 6.45) is 6.94. The molecule has 43 heavy (non-hydrogen) atoms. The van der Waals surface area contributed by atoms with Gasteiger partial charge in [0.1, 0.15) is 22.7 Å². The predicted octanol–water partition coefficient (Wildman–Crippen LogP) is 6.05. The first-order valence-electron chi connectivity index (χ1n) is 13.3. The number of alkyl halides is 2. The van der Waals surface area contributed by atoms with E-state index in [2.05, 4.69) is 14.4 Å². The average Bonchev–Trinajstić information content (AvgIpc) is 3.68. The first kappa shape index (κ1) is 30.8. The first-order valence-corrected chi connectivity index (χ1v) is 15.9. The Morgan fingerprint density at radius 3 is 2.51 bits per heavy atom. The van der Waals surface area contributed by atoms with Crippen LogP contribution in [-0.4, -0.2) is 38.4 Å². The fourth-order valence-corrected chi connectivity index (χ4v) is 5.63. The van der Waals surface area contributed by atoms with Gasteiger partial charge < -0.3 is 18.8 Å². The van der Waals surface area contributed by atoms with Gasteiger partial charge in [0.15, 0.2) is 23.9 Å². The van der Waals surface area contributed by atoms with Crippen LogP contribution in [0.25, 0.3) is 10.9 Å². The number of halogens is 4. The molecule has 2 heterocycles. The van der Waals surface area contributed by atoms with Crippen molar-refractivity contribution in [1.82, 2.24) is 4.57 Å². The molecule has 0 bridgehead atoms. The molecule has 0 spiro atoms. The van der Waals surface area contributed by atoms with Crippen LogP contribution in [0, 0.1) is 5.92 Å². The summed E-state index contributed by atoms with van der Waals surface area (Å²) in [5, 5.41) is 1.42. The molecule has 2 N–H and O–H groups in total. The van der Waals surface area contributed by atoms with Crippen molar-refractivity contribution in [2.45, 2.75) is 38.5 Å². The minimum absolute atomic E-state index is 0.0735. The van der Waals surface area contributed by atoms with Crippen molar-refractivity contribution in [3.63, 3.8) is 0 Å². The highest BCUT2D eigenvalue weighted by molar-refractivity contribution is 7.92. The number of fused-ring (bicyclic) bond motifs is 1. The lowest BCUT2D eigenvalue weighted by atomic mass is 10.0. The summed E-state index contributed by atoms with van der Waals surface area (Å²) >= 11 is 12.8. The molecule has 4 aromatic rings. The van der Waals surface area contributed by atoms with Gasteiger partial charge in [-0.1, -0.05) is 35.3 Å². The van der Waals surface area contributed by atoms with E-state index in [0.717, 1.165) is 24.5 Å². The molecule has 0 aliphatic heterocycles. The number of nitrogens with zero attached hydrogens (tertiary/aromatic N) is 1. The van der Waals surface area contributed by atoms with Gasteiger partial charge in [0.25, 0.3) is 0 Å². The minimum atomic E-state index is -3.50. The lowest BCUT2D eigenvalue weighted by Crippen LogP contribution is -2.19. The lowest BCUT2D eigenvalue weighted by molar-refractivity contribution is -0.377. The summed E-state index contributed by atoms with van der Waals surface area (Å²) in [5.74, 6) is -0.301. The molecule has 2 aromatic carbocycles. The Balaban J connectivity index is 1.44. The number of carbonyl (C=O) groups is 1. The number of sulfonamides is 1. The average molecular weight is 656 g/mol. The number of rotatable bonds is 13. The molecule has 1 saturated carbocycles. The maximum Gasteiger partial charge on any atom is 0.387 e. The van der Waals surface area contributed by atoms with Crippen LogP contribution in [-0.2, 0) is 32.5 Å². The van der Waals surface area contributed by atoms with Gasteiger partial charge in [-0.25, -0.2) is 13.4 Å².